The monoisotopic (exact) mass is 370 g/mol. The number of carbonyl (C=O) groups excluding carboxylic acids is 2. The Morgan fingerprint density at radius 1 is 0.963 bits per heavy atom. The first-order valence-electron chi connectivity index (χ1n) is 10.3. The predicted octanol–water partition coefficient (Wildman–Crippen LogP) is 1.88. The van der Waals surface area contributed by atoms with Crippen molar-refractivity contribution in [3.05, 3.63) is 23.8 Å². The quantitative estimate of drug-likeness (QED) is 0.825. The van der Waals surface area contributed by atoms with Crippen LogP contribution in [0.4, 0.5) is 11.4 Å². The molecule has 0 unspecified atom stereocenters. The average molecular weight is 370 g/mol. The lowest BCUT2D eigenvalue weighted by Gasteiger charge is -2.36. The molecule has 0 radical (unpaired) electrons. The van der Waals surface area contributed by atoms with Crippen molar-refractivity contribution in [2.75, 3.05) is 49.9 Å². The van der Waals surface area contributed by atoms with Crippen molar-refractivity contribution >= 4 is 23.2 Å². The van der Waals surface area contributed by atoms with Gasteiger partial charge in [-0.2, -0.15) is 0 Å². The van der Waals surface area contributed by atoms with E-state index < -0.39 is 0 Å². The zero-order valence-corrected chi connectivity index (χ0v) is 16.0. The molecule has 2 saturated heterocycles. The Labute approximate surface area is 161 Å². The maximum absolute atomic E-state index is 12.9. The summed E-state index contributed by atoms with van der Waals surface area (Å²) in [6.45, 7) is 4.51. The summed E-state index contributed by atoms with van der Waals surface area (Å²) in [6.07, 6.45) is 5.86. The minimum absolute atomic E-state index is 0.0997. The summed E-state index contributed by atoms with van der Waals surface area (Å²) < 4.78 is 0. The van der Waals surface area contributed by atoms with Gasteiger partial charge in [0.05, 0.1) is 6.54 Å². The summed E-state index contributed by atoms with van der Waals surface area (Å²) in [5.41, 5.74) is 9.22. The Morgan fingerprint density at radius 2 is 1.70 bits per heavy atom. The van der Waals surface area contributed by atoms with Crippen molar-refractivity contribution in [1.29, 1.82) is 0 Å². The van der Waals surface area contributed by atoms with Crippen LogP contribution < -0.4 is 10.6 Å². The van der Waals surface area contributed by atoms with Gasteiger partial charge in [0.25, 0.3) is 0 Å². The molecule has 3 aliphatic heterocycles. The van der Waals surface area contributed by atoms with Gasteiger partial charge in [0, 0.05) is 50.0 Å². The first-order chi connectivity index (χ1) is 13.1. The van der Waals surface area contributed by atoms with Gasteiger partial charge < -0.3 is 20.4 Å². The third kappa shape index (κ3) is 3.75. The van der Waals surface area contributed by atoms with Gasteiger partial charge in [0.15, 0.2) is 0 Å². The van der Waals surface area contributed by atoms with Crippen LogP contribution in [0.25, 0.3) is 0 Å². The molecule has 3 heterocycles. The van der Waals surface area contributed by atoms with Crippen molar-refractivity contribution in [2.45, 2.75) is 38.5 Å². The molecular weight excluding hydrogens is 340 g/mol. The number of benzene rings is 1. The van der Waals surface area contributed by atoms with E-state index in [-0.39, 0.29) is 11.8 Å². The largest absolute Gasteiger partial charge is 0.398 e. The highest BCUT2D eigenvalue weighted by atomic mass is 16.2. The van der Waals surface area contributed by atoms with Crippen molar-refractivity contribution in [2.24, 2.45) is 5.92 Å². The number of nitrogens with two attached hydrogens (primary N) is 1. The predicted molar refractivity (Wildman–Crippen MR) is 107 cm³/mol. The van der Waals surface area contributed by atoms with Gasteiger partial charge >= 0.3 is 0 Å². The lowest BCUT2D eigenvalue weighted by atomic mass is 9.95. The normalized spacial score (nSPS) is 20.7. The minimum Gasteiger partial charge on any atom is -0.398 e. The van der Waals surface area contributed by atoms with Crippen LogP contribution in [-0.4, -0.2) is 60.9 Å². The highest BCUT2D eigenvalue weighted by Crippen LogP contribution is 2.31. The molecule has 27 heavy (non-hydrogen) atoms. The summed E-state index contributed by atoms with van der Waals surface area (Å²) in [7, 11) is 0. The number of hydrogen-bond donors (Lipinski definition) is 1. The average Bonchev–Trinajstić information content (AvgIpc) is 3.23. The van der Waals surface area contributed by atoms with E-state index in [9.17, 15) is 9.59 Å². The molecule has 6 heteroatoms. The van der Waals surface area contributed by atoms with E-state index >= 15 is 0 Å². The smallest absolute Gasteiger partial charge is 0.242 e. The fourth-order valence-corrected chi connectivity index (χ4v) is 4.73. The second kappa shape index (κ2) is 7.79. The number of hydrogen-bond acceptors (Lipinski definition) is 4. The summed E-state index contributed by atoms with van der Waals surface area (Å²) in [5.74, 6) is 0.569. The van der Waals surface area contributed by atoms with Crippen molar-refractivity contribution in [1.82, 2.24) is 9.80 Å². The molecule has 2 amide bonds. The molecule has 0 saturated carbocycles. The standard InChI is InChI=1S/C21H30N4O2/c22-18-6-3-7-19-17(18)5-4-12-25(19)15-20(26)23-13-8-16(9-14-23)21(27)24-10-1-2-11-24/h3,6-7,16H,1-2,4-5,8-15,22H2. The summed E-state index contributed by atoms with van der Waals surface area (Å²) in [4.78, 5) is 31.5. The lowest BCUT2D eigenvalue weighted by Crippen LogP contribution is -2.47. The Morgan fingerprint density at radius 3 is 2.44 bits per heavy atom. The molecule has 2 fully saturated rings. The minimum atomic E-state index is 0.0997. The second-order valence-electron chi connectivity index (χ2n) is 8.06. The molecule has 0 aromatic heterocycles. The van der Waals surface area contributed by atoms with Crippen LogP contribution in [0.5, 0.6) is 0 Å². The van der Waals surface area contributed by atoms with Crippen LogP contribution >= 0.6 is 0 Å². The number of rotatable bonds is 3. The van der Waals surface area contributed by atoms with E-state index in [0.29, 0.717) is 25.5 Å². The summed E-state index contributed by atoms with van der Waals surface area (Å²) in [6, 6.07) is 5.97. The van der Waals surface area contributed by atoms with Gasteiger partial charge in [0.2, 0.25) is 11.8 Å². The Kier molecular flexibility index (Phi) is 5.23. The van der Waals surface area contributed by atoms with E-state index in [1.54, 1.807) is 0 Å². The fraction of sp³-hybridized carbons (Fsp3) is 0.619. The van der Waals surface area contributed by atoms with Gasteiger partial charge in [-0.1, -0.05) is 6.07 Å². The molecule has 0 atom stereocenters. The Bertz CT molecular complexity index is 706. The van der Waals surface area contributed by atoms with Crippen LogP contribution in [0.2, 0.25) is 0 Å². The third-order valence-electron chi connectivity index (χ3n) is 6.32. The van der Waals surface area contributed by atoms with Crippen LogP contribution in [0.15, 0.2) is 18.2 Å². The zero-order valence-electron chi connectivity index (χ0n) is 16.0. The SMILES string of the molecule is Nc1cccc2c1CCCN2CC(=O)N1CCC(C(=O)N2CCCC2)CC1. The van der Waals surface area contributed by atoms with Crippen molar-refractivity contribution in [3.63, 3.8) is 0 Å². The molecule has 3 aliphatic rings. The van der Waals surface area contributed by atoms with Crippen LogP contribution in [0.3, 0.4) is 0 Å². The van der Waals surface area contributed by atoms with E-state index in [1.165, 1.54) is 5.56 Å². The topological polar surface area (TPSA) is 69.9 Å². The Balaban J connectivity index is 1.33. The second-order valence-corrected chi connectivity index (χ2v) is 8.06. The van der Waals surface area contributed by atoms with Gasteiger partial charge in [-0.25, -0.2) is 0 Å². The van der Waals surface area contributed by atoms with Gasteiger partial charge in [-0.3, -0.25) is 9.59 Å². The number of piperidine rings is 1. The molecular formula is C21H30N4O2. The van der Waals surface area contributed by atoms with Crippen molar-refractivity contribution in [3.8, 4) is 0 Å². The van der Waals surface area contributed by atoms with Crippen molar-refractivity contribution < 1.29 is 9.59 Å². The number of anilines is 2. The number of fused-ring (bicyclic) bond motifs is 1. The first kappa shape index (κ1) is 18.1. The maximum Gasteiger partial charge on any atom is 0.242 e. The van der Waals surface area contributed by atoms with Crippen LogP contribution in [0, 0.1) is 5.92 Å². The molecule has 0 spiro atoms. The maximum atomic E-state index is 12.9. The van der Waals surface area contributed by atoms with Gasteiger partial charge in [-0.05, 0) is 56.2 Å². The number of amides is 2. The molecule has 2 N–H and O–H groups in total. The Hall–Kier alpha value is -2.24. The molecule has 6 nitrogen and oxygen atoms in total. The molecule has 4 rings (SSSR count). The molecule has 1 aromatic carbocycles. The number of carbonyl (C=O) groups is 2. The number of likely N-dealkylation sites (tertiary alicyclic amines) is 2. The highest BCUT2D eigenvalue weighted by molar-refractivity contribution is 5.84. The fourth-order valence-electron chi connectivity index (χ4n) is 4.73. The van der Waals surface area contributed by atoms with Gasteiger partial charge in [-0.15, -0.1) is 0 Å². The zero-order chi connectivity index (χ0) is 18.8. The van der Waals surface area contributed by atoms with E-state index in [0.717, 1.165) is 69.5 Å². The third-order valence-corrected chi connectivity index (χ3v) is 6.32. The molecule has 146 valence electrons. The number of nitrogens with zero attached hydrogens (tertiary/aromatic N) is 3. The van der Waals surface area contributed by atoms with Crippen LogP contribution in [-0.2, 0) is 16.0 Å². The molecule has 0 bridgehead atoms. The van der Waals surface area contributed by atoms with E-state index in [2.05, 4.69) is 11.0 Å². The molecule has 1 aromatic rings. The van der Waals surface area contributed by atoms with Gasteiger partial charge in [0.1, 0.15) is 0 Å². The number of nitrogen functional groups attached to an aromatic ring is 1. The van der Waals surface area contributed by atoms with E-state index in [4.69, 9.17) is 5.73 Å². The summed E-state index contributed by atoms with van der Waals surface area (Å²) in [5, 5.41) is 0. The van der Waals surface area contributed by atoms with E-state index in [1.807, 2.05) is 21.9 Å². The summed E-state index contributed by atoms with van der Waals surface area (Å²) >= 11 is 0. The lowest BCUT2D eigenvalue weighted by molar-refractivity contribution is -0.139. The first-order valence-corrected chi connectivity index (χ1v) is 10.3. The molecule has 0 aliphatic carbocycles. The highest BCUT2D eigenvalue weighted by Gasteiger charge is 2.32. The van der Waals surface area contributed by atoms with Crippen LogP contribution in [0.1, 0.15) is 37.7 Å².